The maximum Gasteiger partial charge on any atom is 0.343 e. The molecular weight excluding hydrogens is 353 g/mol. The maximum atomic E-state index is 13.8. The van der Waals surface area contributed by atoms with Gasteiger partial charge in [-0.05, 0) is 60.2 Å². The number of hydrogen-bond donors (Lipinski definition) is 0. The Morgan fingerprint density at radius 1 is 1.04 bits per heavy atom. The first-order chi connectivity index (χ1) is 13.0. The second-order valence-corrected chi connectivity index (χ2v) is 6.71. The number of benzene rings is 2. The Labute approximate surface area is 156 Å². The first-order valence-corrected chi connectivity index (χ1v) is 9.17. The fourth-order valence-corrected chi connectivity index (χ4v) is 3.17. The van der Waals surface area contributed by atoms with Crippen molar-refractivity contribution in [1.82, 2.24) is 0 Å². The van der Waals surface area contributed by atoms with Crippen LogP contribution in [0.2, 0.25) is 0 Å². The minimum Gasteiger partial charge on any atom is -0.427 e. The van der Waals surface area contributed by atoms with Crippen molar-refractivity contribution in [3.05, 3.63) is 75.8 Å². The van der Waals surface area contributed by atoms with Gasteiger partial charge in [-0.25, -0.2) is 18.0 Å². The van der Waals surface area contributed by atoms with Gasteiger partial charge in [0.25, 0.3) is 0 Å². The lowest BCUT2D eigenvalue weighted by atomic mass is 9.95. The molecular formula is C22H21F3O2. The lowest BCUT2D eigenvalue weighted by Crippen LogP contribution is -2.11. The standard InChI is InChI=1S/C22H21F3O2/c1-2-3-4-5-14-6-8-15(9-7-14)22(26)27-17-10-11-18-16(12-17)13-19(23)21(25)20(18)24/h6-9,12-13H,2-5,10-11H2,1H3. The highest BCUT2D eigenvalue weighted by atomic mass is 19.2. The molecule has 0 N–H and O–H groups in total. The molecule has 0 aromatic heterocycles. The van der Waals surface area contributed by atoms with Crippen molar-refractivity contribution in [3.63, 3.8) is 0 Å². The lowest BCUT2D eigenvalue weighted by Gasteiger charge is -2.17. The van der Waals surface area contributed by atoms with E-state index >= 15 is 0 Å². The lowest BCUT2D eigenvalue weighted by molar-refractivity contribution is 0.0617. The molecule has 2 aromatic rings. The number of aryl methyl sites for hydroxylation is 1. The predicted octanol–water partition coefficient (Wildman–Crippen LogP) is 5.98. The van der Waals surface area contributed by atoms with Gasteiger partial charge < -0.3 is 4.74 Å². The number of rotatable bonds is 6. The molecule has 0 unspecified atom stereocenters. The molecule has 5 heteroatoms. The molecule has 0 bridgehead atoms. The van der Waals surface area contributed by atoms with Gasteiger partial charge in [-0.2, -0.15) is 0 Å². The van der Waals surface area contributed by atoms with Crippen molar-refractivity contribution in [2.75, 3.05) is 0 Å². The number of esters is 1. The van der Waals surface area contributed by atoms with E-state index in [0.717, 1.165) is 25.3 Å². The monoisotopic (exact) mass is 374 g/mol. The number of allylic oxidation sites excluding steroid dienone is 1. The summed E-state index contributed by atoms with van der Waals surface area (Å²) in [6.45, 7) is 2.15. The van der Waals surface area contributed by atoms with Gasteiger partial charge in [-0.15, -0.1) is 0 Å². The van der Waals surface area contributed by atoms with Crippen LogP contribution in [0.4, 0.5) is 13.2 Å². The van der Waals surface area contributed by atoms with Gasteiger partial charge in [-0.3, -0.25) is 0 Å². The average Bonchev–Trinajstić information content (AvgIpc) is 2.67. The van der Waals surface area contributed by atoms with Crippen molar-refractivity contribution >= 4 is 12.0 Å². The minimum atomic E-state index is -1.47. The summed E-state index contributed by atoms with van der Waals surface area (Å²) in [5.74, 6) is -4.11. The third-order valence-electron chi connectivity index (χ3n) is 4.72. The van der Waals surface area contributed by atoms with E-state index in [0.29, 0.717) is 11.3 Å². The Kier molecular flexibility index (Phi) is 5.99. The van der Waals surface area contributed by atoms with Crippen LogP contribution < -0.4 is 0 Å². The SMILES string of the molecule is CCCCCc1ccc(C(=O)OC2=Cc3cc(F)c(F)c(F)c3CC2)cc1. The van der Waals surface area contributed by atoms with Crippen LogP contribution in [-0.2, 0) is 17.6 Å². The molecule has 3 rings (SSSR count). The van der Waals surface area contributed by atoms with Crippen LogP contribution in [0, 0.1) is 17.5 Å². The number of carbonyl (C=O) groups is 1. The van der Waals surface area contributed by atoms with E-state index in [4.69, 9.17) is 4.74 Å². The third kappa shape index (κ3) is 4.41. The van der Waals surface area contributed by atoms with Gasteiger partial charge in [0.05, 0.1) is 5.56 Å². The normalized spacial score (nSPS) is 13.1. The third-order valence-corrected chi connectivity index (χ3v) is 4.72. The van der Waals surface area contributed by atoms with E-state index in [2.05, 4.69) is 6.92 Å². The number of ether oxygens (including phenoxy) is 1. The Morgan fingerprint density at radius 3 is 2.48 bits per heavy atom. The minimum absolute atomic E-state index is 0.102. The van der Waals surface area contributed by atoms with E-state index in [1.54, 1.807) is 12.1 Å². The largest absolute Gasteiger partial charge is 0.427 e. The summed E-state index contributed by atoms with van der Waals surface area (Å²) in [6.07, 6.45) is 6.19. The van der Waals surface area contributed by atoms with Crippen LogP contribution in [0.5, 0.6) is 0 Å². The fourth-order valence-electron chi connectivity index (χ4n) is 3.17. The van der Waals surface area contributed by atoms with Gasteiger partial charge in [0.2, 0.25) is 0 Å². The smallest absolute Gasteiger partial charge is 0.343 e. The summed E-state index contributed by atoms with van der Waals surface area (Å²) in [4.78, 5) is 12.3. The second-order valence-electron chi connectivity index (χ2n) is 6.71. The first kappa shape index (κ1) is 19.2. The number of carbonyl (C=O) groups excluding carboxylic acids is 1. The maximum absolute atomic E-state index is 13.8. The summed E-state index contributed by atoms with van der Waals surface area (Å²) >= 11 is 0. The highest BCUT2D eigenvalue weighted by Crippen LogP contribution is 2.29. The second kappa shape index (κ2) is 8.42. The zero-order valence-electron chi connectivity index (χ0n) is 15.2. The molecule has 27 heavy (non-hydrogen) atoms. The summed E-state index contributed by atoms with van der Waals surface area (Å²) in [5, 5.41) is 0. The van der Waals surface area contributed by atoms with Crippen molar-refractivity contribution in [3.8, 4) is 0 Å². The summed E-state index contributed by atoms with van der Waals surface area (Å²) in [5.41, 5.74) is 1.88. The number of unbranched alkanes of at least 4 members (excludes halogenated alkanes) is 2. The van der Waals surface area contributed by atoms with Crippen molar-refractivity contribution in [2.24, 2.45) is 0 Å². The molecule has 0 radical (unpaired) electrons. The van der Waals surface area contributed by atoms with Gasteiger partial charge in [-0.1, -0.05) is 31.9 Å². The molecule has 0 amide bonds. The van der Waals surface area contributed by atoms with Crippen LogP contribution in [0.25, 0.3) is 6.08 Å². The van der Waals surface area contributed by atoms with Crippen LogP contribution in [-0.4, -0.2) is 5.97 Å². The summed E-state index contributed by atoms with van der Waals surface area (Å²) < 4.78 is 45.9. The fraction of sp³-hybridized carbons (Fsp3) is 0.318. The average molecular weight is 374 g/mol. The molecule has 2 aromatic carbocycles. The molecule has 142 valence electrons. The molecule has 1 aliphatic rings. The first-order valence-electron chi connectivity index (χ1n) is 9.17. The highest BCUT2D eigenvalue weighted by molar-refractivity contribution is 5.90. The van der Waals surface area contributed by atoms with E-state index in [-0.39, 0.29) is 24.0 Å². The Hall–Kier alpha value is -2.56. The van der Waals surface area contributed by atoms with E-state index in [1.807, 2.05) is 12.1 Å². The predicted molar refractivity (Wildman–Crippen MR) is 97.7 cm³/mol. The Bertz CT molecular complexity index is 870. The highest BCUT2D eigenvalue weighted by Gasteiger charge is 2.22. The molecule has 0 fully saturated rings. The van der Waals surface area contributed by atoms with Crippen LogP contribution in [0.1, 0.15) is 59.7 Å². The van der Waals surface area contributed by atoms with Gasteiger partial charge >= 0.3 is 5.97 Å². The van der Waals surface area contributed by atoms with Crippen molar-refractivity contribution in [1.29, 1.82) is 0 Å². The summed E-state index contributed by atoms with van der Waals surface area (Å²) in [6, 6.07) is 8.17. The van der Waals surface area contributed by atoms with E-state index < -0.39 is 23.4 Å². The van der Waals surface area contributed by atoms with Gasteiger partial charge in [0.1, 0.15) is 5.76 Å². The Balaban J connectivity index is 1.69. The van der Waals surface area contributed by atoms with Crippen LogP contribution in [0.15, 0.2) is 36.1 Å². The van der Waals surface area contributed by atoms with Crippen molar-refractivity contribution in [2.45, 2.75) is 45.4 Å². The molecule has 0 saturated heterocycles. The number of halogens is 3. The molecule has 0 atom stereocenters. The summed E-state index contributed by atoms with van der Waals surface area (Å²) in [7, 11) is 0. The van der Waals surface area contributed by atoms with Crippen molar-refractivity contribution < 1.29 is 22.7 Å². The topological polar surface area (TPSA) is 26.3 Å². The Morgan fingerprint density at radius 2 is 1.78 bits per heavy atom. The number of fused-ring (bicyclic) bond motifs is 1. The van der Waals surface area contributed by atoms with Gasteiger partial charge in [0, 0.05) is 6.42 Å². The molecule has 1 aliphatic carbocycles. The van der Waals surface area contributed by atoms with E-state index in [9.17, 15) is 18.0 Å². The zero-order valence-corrected chi connectivity index (χ0v) is 15.2. The molecule has 0 aliphatic heterocycles. The zero-order chi connectivity index (χ0) is 19.4. The molecule has 0 heterocycles. The van der Waals surface area contributed by atoms with Gasteiger partial charge in [0.15, 0.2) is 17.5 Å². The van der Waals surface area contributed by atoms with Crippen LogP contribution in [0.3, 0.4) is 0 Å². The van der Waals surface area contributed by atoms with Crippen LogP contribution >= 0.6 is 0 Å². The van der Waals surface area contributed by atoms with E-state index in [1.165, 1.54) is 18.1 Å². The molecule has 0 saturated carbocycles. The quantitative estimate of drug-likeness (QED) is 0.353. The molecule has 2 nitrogen and oxygen atoms in total. The molecule has 0 spiro atoms. The number of hydrogen-bond acceptors (Lipinski definition) is 2.